The molecule has 0 fully saturated rings. The zero-order valence-electron chi connectivity index (χ0n) is 8.69. The molecule has 0 radical (unpaired) electrons. The maximum absolute atomic E-state index is 11.6. The molecule has 0 aliphatic rings. The summed E-state index contributed by atoms with van der Waals surface area (Å²) in [4.78, 5) is 22.7. The summed E-state index contributed by atoms with van der Waals surface area (Å²) in [5.41, 5.74) is -0.886. The lowest BCUT2D eigenvalue weighted by Gasteiger charge is -2.06. The van der Waals surface area contributed by atoms with E-state index in [-0.39, 0.29) is 22.3 Å². The summed E-state index contributed by atoms with van der Waals surface area (Å²) in [5, 5.41) is 9.76. The number of halogens is 1. The summed E-state index contributed by atoms with van der Waals surface area (Å²) >= 11 is 5.78. The number of rotatable bonds is 2. The SMILES string of the molecule is COc1oc(=O)c2ccc(Cl)cc2c1C(=O)O. The van der Waals surface area contributed by atoms with Crippen LogP contribution in [0.2, 0.25) is 5.02 Å². The Bertz CT molecular complexity index is 659. The molecule has 6 heteroatoms. The number of hydrogen-bond donors (Lipinski definition) is 1. The molecule has 0 aliphatic heterocycles. The number of aromatic carboxylic acids is 1. The topological polar surface area (TPSA) is 76.7 Å². The predicted molar refractivity (Wildman–Crippen MR) is 61.0 cm³/mol. The van der Waals surface area contributed by atoms with Crippen LogP contribution in [0, 0.1) is 0 Å². The van der Waals surface area contributed by atoms with Gasteiger partial charge in [-0.1, -0.05) is 11.6 Å². The van der Waals surface area contributed by atoms with Gasteiger partial charge in [-0.25, -0.2) is 9.59 Å². The van der Waals surface area contributed by atoms with Crippen LogP contribution in [0.25, 0.3) is 10.8 Å². The van der Waals surface area contributed by atoms with Crippen LogP contribution in [0.3, 0.4) is 0 Å². The van der Waals surface area contributed by atoms with Gasteiger partial charge in [0.2, 0.25) is 0 Å². The first-order valence-electron chi connectivity index (χ1n) is 4.58. The normalized spacial score (nSPS) is 10.5. The first-order valence-corrected chi connectivity index (χ1v) is 4.96. The minimum atomic E-state index is -1.25. The van der Waals surface area contributed by atoms with Gasteiger partial charge in [-0.05, 0) is 18.2 Å². The molecule has 5 nitrogen and oxygen atoms in total. The van der Waals surface area contributed by atoms with Gasteiger partial charge in [0.15, 0.2) is 0 Å². The molecule has 88 valence electrons. The summed E-state index contributed by atoms with van der Waals surface area (Å²) in [7, 11) is 1.22. The Morgan fingerprint density at radius 1 is 1.41 bits per heavy atom. The second kappa shape index (κ2) is 4.10. The Labute approximate surface area is 100 Å². The lowest BCUT2D eigenvalue weighted by molar-refractivity contribution is 0.0689. The summed E-state index contributed by atoms with van der Waals surface area (Å²) < 4.78 is 9.52. The number of ether oxygens (including phenoxy) is 1. The van der Waals surface area contributed by atoms with Crippen LogP contribution in [0.5, 0.6) is 5.95 Å². The van der Waals surface area contributed by atoms with E-state index in [4.69, 9.17) is 25.9 Å². The predicted octanol–water partition coefficient (Wildman–Crippen LogP) is 2.15. The van der Waals surface area contributed by atoms with Gasteiger partial charge in [0, 0.05) is 10.4 Å². The summed E-state index contributed by atoms with van der Waals surface area (Å²) in [6.45, 7) is 0. The van der Waals surface area contributed by atoms with Gasteiger partial charge in [-0.15, -0.1) is 0 Å². The lowest BCUT2D eigenvalue weighted by Crippen LogP contribution is -2.08. The van der Waals surface area contributed by atoms with Gasteiger partial charge in [-0.2, -0.15) is 0 Å². The first kappa shape index (κ1) is 11.5. The quantitative estimate of drug-likeness (QED) is 0.889. The minimum Gasteiger partial charge on any atom is -0.477 e. The maximum Gasteiger partial charge on any atom is 0.346 e. The monoisotopic (exact) mass is 254 g/mol. The third-order valence-electron chi connectivity index (χ3n) is 2.26. The van der Waals surface area contributed by atoms with Crippen molar-refractivity contribution in [2.24, 2.45) is 0 Å². The zero-order chi connectivity index (χ0) is 12.6. The van der Waals surface area contributed by atoms with Crippen molar-refractivity contribution in [1.29, 1.82) is 0 Å². The number of methoxy groups -OCH3 is 1. The van der Waals surface area contributed by atoms with E-state index in [0.717, 1.165) is 0 Å². The van der Waals surface area contributed by atoms with Crippen LogP contribution in [0.1, 0.15) is 10.4 Å². The molecule has 1 N–H and O–H groups in total. The van der Waals surface area contributed by atoms with Crippen LogP contribution >= 0.6 is 11.6 Å². The molecule has 0 atom stereocenters. The summed E-state index contributed by atoms with van der Waals surface area (Å²) in [6.07, 6.45) is 0. The molecule has 1 heterocycles. The fourth-order valence-electron chi connectivity index (χ4n) is 1.55. The molecule has 0 bridgehead atoms. The van der Waals surface area contributed by atoms with Crippen molar-refractivity contribution in [1.82, 2.24) is 0 Å². The smallest absolute Gasteiger partial charge is 0.346 e. The Kier molecular flexibility index (Phi) is 2.77. The van der Waals surface area contributed by atoms with Crippen molar-refractivity contribution in [3.8, 4) is 5.95 Å². The molecule has 0 saturated carbocycles. The largest absolute Gasteiger partial charge is 0.477 e. The first-order chi connectivity index (χ1) is 8.04. The number of carboxylic acids is 1. The molecule has 0 unspecified atom stereocenters. The Hall–Kier alpha value is -2.01. The molecule has 2 rings (SSSR count). The fourth-order valence-corrected chi connectivity index (χ4v) is 1.72. The second-order valence-corrected chi connectivity index (χ2v) is 3.69. The fraction of sp³-hybridized carbons (Fsp3) is 0.0909. The molecular weight excluding hydrogens is 248 g/mol. The van der Waals surface area contributed by atoms with E-state index < -0.39 is 11.6 Å². The zero-order valence-corrected chi connectivity index (χ0v) is 9.45. The third kappa shape index (κ3) is 1.85. The van der Waals surface area contributed by atoms with Crippen molar-refractivity contribution in [2.75, 3.05) is 7.11 Å². The van der Waals surface area contributed by atoms with Crippen molar-refractivity contribution in [3.63, 3.8) is 0 Å². The minimum absolute atomic E-state index is 0.146. The van der Waals surface area contributed by atoms with E-state index >= 15 is 0 Å². The maximum atomic E-state index is 11.6. The van der Waals surface area contributed by atoms with Crippen molar-refractivity contribution < 1.29 is 19.1 Å². The molecular formula is C11H7ClO5. The van der Waals surface area contributed by atoms with Crippen molar-refractivity contribution in [3.05, 3.63) is 39.2 Å². The Morgan fingerprint density at radius 3 is 2.71 bits per heavy atom. The molecule has 2 aromatic rings. The number of carbonyl (C=O) groups is 1. The molecule has 0 saturated heterocycles. The van der Waals surface area contributed by atoms with Gasteiger partial charge < -0.3 is 14.3 Å². The van der Waals surface area contributed by atoms with E-state index in [0.29, 0.717) is 5.02 Å². The van der Waals surface area contributed by atoms with E-state index in [1.165, 1.54) is 25.3 Å². The number of carboxylic acid groups (broad SMARTS) is 1. The van der Waals surface area contributed by atoms with E-state index in [1.807, 2.05) is 0 Å². The second-order valence-electron chi connectivity index (χ2n) is 3.25. The van der Waals surface area contributed by atoms with E-state index in [1.54, 1.807) is 0 Å². The van der Waals surface area contributed by atoms with Crippen molar-refractivity contribution in [2.45, 2.75) is 0 Å². The lowest BCUT2D eigenvalue weighted by atomic mass is 10.1. The standard InChI is InChI=1S/C11H7ClO5/c1-16-11-8(9(13)14)7-4-5(12)2-3-6(7)10(15)17-11/h2-4H,1H3,(H,13,14). The Balaban J connectivity index is 3.00. The molecule has 1 aromatic carbocycles. The van der Waals surface area contributed by atoms with E-state index in [9.17, 15) is 9.59 Å². The highest BCUT2D eigenvalue weighted by atomic mass is 35.5. The van der Waals surface area contributed by atoms with Gasteiger partial charge in [0.25, 0.3) is 0 Å². The number of benzene rings is 1. The van der Waals surface area contributed by atoms with Crippen molar-refractivity contribution >= 4 is 28.3 Å². The summed E-state index contributed by atoms with van der Waals surface area (Å²) in [6, 6.07) is 4.29. The van der Waals surface area contributed by atoms with Crippen LogP contribution in [0.4, 0.5) is 0 Å². The molecule has 0 spiro atoms. The Morgan fingerprint density at radius 2 is 2.12 bits per heavy atom. The van der Waals surface area contributed by atoms with E-state index in [2.05, 4.69) is 0 Å². The van der Waals surface area contributed by atoms with Gasteiger partial charge in [-0.3, -0.25) is 0 Å². The average molecular weight is 255 g/mol. The van der Waals surface area contributed by atoms with Gasteiger partial charge in [0.05, 0.1) is 12.5 Å². The molecule has 0 amide bonds. The van der Waals surface area contributed by atoms with Crippen LogP contribution in [-0.2, 0) is 0 Å². The number of hydrogen-bond acceptors (Lipinski definition) is 4. The third-order valence-corrected chi connectivity index (χ3v) is 2.49. The highest BCUT2D eigenvalue weighted by Gasteiger charge is 2.20. The summed E-state index contributed by atoms with van der Waals surface area (Å²) in [5.74, 6) is -1.59. The highest BCUT2D eigenvalue weighted by Crippen LogP contribution is 2.27. The van der Waals surface area contributed by atoms with Gasteiger partial charge >= 0.3 is 17.5 Å². The highest BCUT2D eigenvalue weighted by molar-refractivity contribution is 6.31. The van der Waals surface area contributed by atoms with Crippen LogP contribution < -0.4 is 10.4 Å². The average Bonchev–Trinajstić information content (AvgIpc) is 2.27. The molecule has 1 aromatic heterocycles. The van der Waals surface area contributed by atoms with Crippen LogP contribution in [-0.4, -0.2) is 18.2 Å². The molecule has 0 aliphatic carbocycles. The van der Waals surface area contributed by atoms with Gasteiger partial charge in [0.1, 0.15) is 5.56 Å². The number of fused-ring (bicyclic) bond motifs is 1. The molecule has 17 heavy (non-hydrogen) atoms. The van der Waals surface area contributed by atoms with Crippen LogP contribution in [0.15, 0.2) is 27.4 Å².